The Bertz CT molecular complexity index is 656. The molecule has 0 radical (unpaired) electrons. The number of amides is 1. The number of carbonyl (C=O) groups is 1. The molecule has 1 aliphatic rings. The van der Waals surface area contributed by atoms with Gasteiger partial charge in [-0.3, -0.25) is 4.79 Å². The molecule has 1 aliphatic heterocycles. The van der Waals surface area contributed by atoms with Crippen LogP contribution in [0.15, 0.2) is 53.4 Å². The quantitative estimate of drug-likeness (QED) is 0.780. The standard InChI is InChI=1S/C17H16FNOS/c1-12-10-11-19(15-4-2-3-5-16(15)21-12)17(20)13-6-8-14(18)9-7-13/h2-9,12H,10-11H2,1H3/t12-/m1/s1. The average Bonchev–Trinajstić information content (AvgIpc) is 2.65. The largest absolute Gasteiger partial charge is 0.307 e. The summed E-state index contributed by atoms with van der Waals surface area (Å²) in [6.07, 6.45) is 0.937. The van der Waals surface area contributed by atoms with Gasteiger partial charge in [-0.2, -0.15) is 0 Å². The van der Waals surface area contributed by atoms with E-state index >= 15 is 0 Å². The van der Waals surface area contributed by atoms with Gasteiger partial charge in [0.05, 0.1) is 5.69 Å². The summed E-state index contributed by atoms with van der Waals surface area (Å²) in [7, 11) is 0. The van der Waals surface area contributed by atoms with Gasteiger partial charge in [0, 0.05) is 22.3 Å². The number of carbonyl (C=O) groups excluding carboxylic acids is 1. The van der Waals surface area contributed by atoms with E-state index in [4.69, 9.17) is 0 Å². The summed E-state index contributed by atoms with van der Waals surface area (Å²) in [4.78, 5) is 15.7. The molecule has 3 rings (SSSR count). The lowest BCUT2D eigenvalue weighted by Gasteiger charge is -2.22. The van der Waals surface area contributed by atoms with Crippen LogP contribution < -0.4 is 4.90 Å². The van der Waals surface area contributed by atoms with Gasteiger partial charge in [-0.25, -0.2) is 4.39 Å². The predicted octanol–water partition coefficient (Wildman–Crippen LogP) is 4.36. The van der Waals surface area contributed by atoms with E-state index in [0.717, 1.165) is 17.0 Å². The molecule has 0 spiro atoms. The first-order valence-corrected chi connectivity index (χ1v) is 7.86. The SMILES string of the molecule is C[C@@H]1CCN(C(=O)c2ccc(F)cc2)c2ccccc2S1. The number of halogens is 1. The predicted molar refractivity (Wildman–Crippen MR) is 84.5 cm³/mol. The van der Waals surface area contributed by atoms with Crippen LogP contribution in [0.5, 0.6) is 0 Å². The monoisotopic (exact) mass is 301 g/mol. The number of hydrogen-bond donors (Lipinski definition) is 0. The zero-order valence-electron chi connectivity index (χ0n) is 11.8. The number of fused-ring (bicyclic) bond motifs is 1. The summed E-state index contributed by atoms with van der Waals surface area (Å²) in [6.45, 7) is 2.86. The second-order valence-corrected chi connectivity index (χ2v) is 6.63. The molecule has 2 aromatic rings. The van der Waals surface area contributed by atoms with Crippen LogP contribution >= 0.6 is 11.8 Å². The summed E-state index contributed by atoms with van der Waals surface area (Å²) < 4.78 is 13.0. The smallest absolute Gasteiger partial charge is 0.258 e. The molecule has 0 unspecified atom stereocenters. The lowest BCUT2D eigenvalue weighted by atomic mass is 10.1. The number of benzene rings is 2. The highest BCUT2D eigenvalue weighted by Gasteiger charge is 2.24. The van der Waals surface area contributed by atoms with Gasteiger partial charge in [0.1, 0.15) is 5.82 Å². The molecule has 0 aromatic heterocycles. The number of rotatable bonds is 1. The summed E-state index contributed by atoms with van der Waals surface area (Å²) in [5, 5.41) is 0.470. The lowest BCUT2D eigenvalue weighted by molar-refractivity contribution is 0.0986. The van der Waals surface area contributed by atoms with Crippen molar-refractivity contribution in [3.63, 3.8) is 0 Å². The van der Waals surface area contributed by atoms with Crippen LogP contribution in [0.1, 0.15) is 23.7 Å². The molecule has 0 saturated heterocycles. The van der Waals surface area contributed by atoms with Gasteiger partial charge in [-0.05, 0) is 42.8 Å². The third-order valence-electron chi connectivity index (χ3n) is 3.58. The fourth-order valence-corrected chi connectivity index (χ4v) is 3.56. The normalized spacial score (nSPS) is 18.0. The van der Waals surface area contributed by atoms with Crippen LogP contribution in [0.25, 0.3) is 0 Å². The second kappa shape index (κ2) is 5.90. The number of hydrogen-bond acceptors (Lipinski definition) is 2. The number of thioether (sulfide) groups is 1. The summed E-state index contributed by atoms with van der Waals surface area (Å²) in [5.41, 5.74) is 1.46. The van der Waals surface area contributed by atoms with Crippen LogP contribution in [-0.2, 0) is 0 Å². The zero-order valence-corrected chi connectivity index (χ0v) is 12.6. The van der Waals surface area contributed by atoms with Crippen molar-refractivity contribution in [1.82, 2.24) is 0 Å². The Balaban J connectivity index is 1.97. The van der Waals surface area contributed by atoms with Crippen molar-refractivity contribution in [2.45, 2.75) is 23.5 Å². The van der Waals surface area contributed by atoms with Gasteiger partial charge >= 0.3 is 0 Å². The maximum absolute atomic E-state index is 13.0. The molecule has 0 N–H and O–H groups in total. The Hall–Kier alpha value is -1.81. The van der Waals surface area contributed by atoms with Crippen LogP contribution in [0.4, 0.5) is 10.1 Å². The third-order valence-corrected chi connectivity index (χ3v) is 4.82. The van der Waals surface area contributed by atoms with E-state index < -0.39 is 0 Å². The molecule has 0 saturated carbocycles. The maximum atomic E-state index is 13.0. The summed E-state index contributed by atoms with van der Waals surface area (Å²) in [5.74, 6) is -0.399. The van der Waals surface area contributed by atoms with Crippen LogP contribution in [-0.4, -0.2) is 17.7 Å². The molecular formula is C17H16FNOS. The molecule has 2 nitrogen and oxygen atoms in total. The van der Waals surface area contributed by atoms with Gasteiger partial charge < -0.3 is 4.90 Å². The fraction of sp³-hybridized carbons (Fsp3) is 0.235. The zero-order chi connectivity index (χ0) is 14.8. The molecule has 0 bridgehead atoms. The molecule has 0 aliphatic carbocycles. The minimum Gasteiger partial charge on any atom is -0.307 e. The fourth-order valence-electron chi connectivity index (χ4n) is 2.45. The molecule has 2 aromatic carbocycles. The molecule has 1 amide bonds. The highest BCUT2D eigenvalue weighted by molar-refractivity contribution is 8.00. The third kappa shape index (κ3) is 2.95. The average molecular weight is 301 g/mol. The van der Waals surface area contributed by atoms with Crippen molar-refractivity contribution >= 4 is 23.4 Å². The molecule has 21 heavy (non-hydrogen) atoms. The van der Waals surface area contributed by atoms with Gasteiger partial charge in [0.15, 0.2) is 0 Å². The Morgan fingerprint density at radius 2 is 1.90 bits per heavy atom. The Morgan fingerprint density at radius 1 is 1.19 bits per heavy atom. The Morgan fingerprint density at radius 3 is 2.67 bits per heavy atom. The van der Waals surface area contributed by atoms with Gasteiger partial charge in [0.25, 0.3) is 5.91 Å². The van der Waals surface area contributed by atoms with E-state index in [1.54, 1.807) is 28.8 Å². The van der Waals surface area contributed by atoms with Crippen molar-refractivity contribution in [2.75, 3.05) is 11.4 Å². The molecular weight excluding hydrogens is 285 g/mol. The molecule has 108 valence electrons. The van der Waals surface area contributed by atoms with E-state index in [9.17, 15) is 9.18 Å². The molecule has 0 fully saturated rings. The van der Waals surface area contributed by atoms with E-state index in [-0.39, 0.29) is 11.7 Å². The lowest BCUT2D eigenvalue weighted by Crippen LogP contribution is -2.32. The number of para-hydroxylation sites is 1. The topological polar surface area (TPSA) is 20.3 Å². The first kappa shape index (κ1) is 14.1. The summed E-state index contributed by atoms with van der Waals surface area (Å²) in [6, 6.07) is 13.7. The Labute approximate surface area is 128 Å². The minimum atomic E-state index is -0.327. The first-order valence-electron chi connectivity index (χ1n) is 6.98. The number of anilines is 1. The van der Waals surface area contributed by atoms with Gasteiger partial charge in [0.2, 0.25) is 0 Å². The first-order chi connectivity index (χ1) is 10.1. The van der Waals surface area contributed by atoms with Crippen molar-refractivity contribution in [3.05, 3.63) is 59.9 Å². The van der Waals surface area contributed by atoms with Crippen molar-refractivity contribution in [2.24, 2.45) is 0 Å². The second-order valence-electron chi connectivity index (χ2n) is 5.15. The van der Waals surface area contributed by atoms with Gasteiger partial charge in [-0.15, -0.1) is 11.8 Å². The van der Waals surface area contributed by atoms with Crippen LogP contribution in [0.2, 0.25) is 0 Å². The van der Waals surface area contributed by atoms with Crippen molar-refractivity contribution in [1.29, 1.82) is 0 Å². The van der Waals surface area contributed by atoms with E-state index in [1.807, 2.05) is 24.3 Å². The van der Waals surface area contributed by atoms with Crippen molar-refractivity contribution in [3.8, 4) is 0 Å². The van der Waals surface area contributed by atoms with E-state index in [2.05, 4.69) is 6.92 Å². The molecule has 1 atom stereocenters. The summed E-state index contributed by atoms with van der Waals surface area (Å²) >= 11 is 1.80. The Kier molecular flexibility index (Phi) is 3.97. The minimum absolute atomic E-state index is 0.0721. The van der Waals surface area contributed by atoms with Crippen molar-refractivity contribution < 1.29 is 9.18 Å². The highest BCUT2D eigenvalue weighted by atomic mass is 32.2. The highest BCUT2D eigenvalue weighted by Crippen LogP contribution is 2.37. The van der Waals surface area contributed by atoms with Crippen LogP contribution in [0.3, 0.4) is 0 Å². The maximum Gasteiger partial charge on any atom is 0.258 e. The molecule has 1 heterocycles. The number of nitrogens with zero attached hydrogens (tertiary/aromatic N) is 1. The van der Waals surface area contributed by atoms with E-state index in [1.165, 1.54) is 12.1 Å². The van der Waals surface area contributed by atoms with Crippen LogP contribution in [0, 0.1) is 5.82 Å². The molecule has 4 heteroatoms. The van der Waals surface area contributed by atoms with Gasteiger partial charge in [-0.1, -0.05) is 19.1 Å². The van der Waals surface area contributed by atoms with E-state index in [0.29, 0.717) is 17.4 Å².